The summed E-state index contributed by atoms with van der Waals surface area (Å²) < 4.78 is 1.92. The molecule has 36 heavy (non-hydrogen) atoms. The van der Waals surface area contributed by atoms with Crippen LogP contribution in [0.1, 0.15) is 61.0 Å². The summed E-state index contributed by atoms with van der Waals surface area (Å²) in [4.78, 5) is 21.6. The number of benzene rings is 1. The molecule has 2 fully saturated rings. The first kappa shape index (κ1) is 24.3. The van der Waals surface area contributed by atoms with Crippen LogP contribution in [0.15, 0.2) is 37.0 Å². The van der Waals surface area contributed by atoms with E-state index in [1.54, 1.807) is 0 Å². The van der Waals surface area contributed by atoms with Crippen LogP contribution in [0.4, 0.5) is 11.5 Å². The Morgan fingerprint density at radius 3 is 2.72 bits per heavy atom. The molecule has 8 nitrogen and oxygen atoms in total. The Morgan fingerprint density at radius 2 is 1.97 bits per heavy atom. The Kier molecular flexibility index (Phi) is 6.71. The maximum absolute atomic E-state index is 11.8. The van der Waals surface area contributed by atoms with E-state index in [0.717, 1.165) is 90.6 Å². The van der Waals surface area contributed by atoms with Crippen molar-refractivity contribution in [2.45, 2.75) is 58.5 Å². The van der Waals surface area contributed by atoms with Crippen molar-refractivity contribution in [1.82, 2.24) is 24.8 Å². The summed E-state index contributed by atoms with van der Waals surface area (Å²) in [6, 6.07) is 8.84. The number of likely N-dealkylation sites (N-methyl/N-ethyl adjacent to an activating group) is 1. The fraction of sp³-hybridized carbons (Fsp3) is 0.464. The van der Waals surface area contributed by atoms with E-state index in [-0.39, 0.29) is 11.9 Å². The fourth-order valence-electron chi connectivity index (χ4n) is 5.60. The molecule has 0 aliphatic carbocycles. The molecule has 5 rings (SSSR count). The van der Waals surface area contributed by atoms with Gasteiger partial charge in [-0.3, -0.25) is 4.79 Å². The predicted octanol–water partition coefficient (Wildman–Crippen LogP) is 4.30. The number of piperidine rings is 1. The Labute approximate surface area is 213 Å². The highest BCUT2D eigenvalue weighted by Gasteiger charge is 2.30. The average Bonchev–Trinajstić information content (AvgIpc) is 3.50. The molecule has 190 valence electrons. The number of carbonyl (C=O) groups is 1. The quantitative estimate of drug-likeness (QED) is 0.540. The molecule has 2 aliphatic rings. The molecule has 2 aromatic heterocycles. The highest BCUT2D eigenvalue weighted by molar-refractivity contribution is 5.92. The van der Waals surface area contributed by atoms with Crippen LogP contribution in [0.3, 0.4) is 0 Å². The summed E-state index contributed by atoms with van der Waals surface area (Å²) >= 11 is 0. The van der Waals surface area contributed by atoms with E-state index in [2.05, 4.69) is 59.2 Å². The van der Waals surface area contributed by atoms with Crippen LogP contribution in [0.25, 0.3) is 11.3 Å². The Bertz CT molecular complexity index is 1300. The summed E-state index contributed by atoms with van der Waals surface area (Å²) in [7, 11) is 2.03. The van der Waals surface area contributed by atoms with E-state index >= 15 is 0 Å². The molecule has 0 saturated carbocycles. The van der Waals surface area contributed by atoms with Crippen molar-refractivity contribution in [3.05, 3.63) is 59.4 Å². The van der Waals surface area contributed by atoms with Gasteiger partial charge in [0.15, 0.2) is 5.65 Å². The third-order valence-electron chi connectivity index (χ3n) is 7.51. The van der Waals surface area contributed by atoms with Crippen LogP contribution >= 0.6 is 0 Å². The van der Waals surface area contributed by atoms with Crippen molar-refractivity contribution < 1.29 is 4.79 Å². The molecule has 0 spiro atoms. The fourth-order valence-corrected chi connectivity index (χ4v) is 5.60. The zero-order chi connectivity index (χ0) is 25.4. The van der Waals surface area contributed by atoms with Gasteiger partial charge in [-0.1, -0.05) is 18.2 Å². The number of hydrogen-bond acceptors (Lipinski definition) is 6. The van der Waals surface area contributed by atoms with Gasteiger partial charge in [0, 0.05) is 61.7 Å². The molecule has 3 aromatic rings. The van der Waals surface area contributed by atoms with Gasteiger partial charge in [-0.05, 0) is 58.7 Å². The second-order valence-electron chi connectivity index (χ2n) is 10.2. The number of fused-ring (bicyclic) bond motifs is 1. The van der Waals surface area contributed by atoms with Crippen molar-refractivity contribution >= 4 is 28.8 Å². The predicted molar refractivity (Wildman–Crippen MR) is 145 cm³/mol. The molecule has 0 bridgehead atoms. The summed E-state index contributed by atoms with van der Waals surface area (Å²) in [6.07, 6.45) is 6.49. The summed E-state index contributed by atoms with van der Waals surface area (Å²) in [5.74, 6) is 0.969. The highest BCUT2D eigenvalue weighted by atomic mass is 16.1. The minimum atomic E-state index is -0.0836. The van der Waals surface area contributed by atoms with E-state index in [1.165, 1.54) is 6.92 Å². The third kappa shape index (κ3) is 4.69. The van der Waals surface area contributed by atoms with Gasteiger partial charge < -0.3 is 20.4 Å². The van der Waals surface area contributed by atoms with Gasteiger partial charge >= 0.3 is 0 Å². The van der Waals surface area contributed by atoms with Gasteiger partial charge in [0.1, 0.15) is 5.82 Å². The largest absolute Gasteiger partial charge is 0.363 e. The topological polar surface area (TPSA) is 77.8 Å². The minimum absolute atomic E-state index is 0.0836. The summed E-state index contributed by atoms with van der Waals surface area (Å²) in [5, 5.41) is 11.3. The smallest absolute Gasteiger partial charge is 0.221 e. The standard InChI is InChI=1S/C28H37N7O/c1-18-9-10-24(30-21(4)36)23(14-18)20(3)34-12-7-6-8-26(34)25-15-27-31-28(19(2)16-35(27)32-25)33-13-11-22(17-33)29-5/h9-10,14-16,22,26,29H,3,6-8,11-13,17H2,1-2,4-5H3,(H,30,36)/t22-,26-/m0/s1. The lowest BCUT2D eigenvalue weighted by Gasteiger charge is -2.38. The van der Waals surface area contributed by atoms with Crippen LogP contribution in [0.5, 0.6) is 0 Å². The van der Waals surface area contributed by atoms with E-state index < -0.39 is 0 Å². The van der Waals surface area contributed by atoms with Crippen molar-refractivity contribution in [3.8, 4) is 0 Å². The van der Waals surface area contributed by atoms with Crippen molar-refractivity contribution in [2.24, 2.45) is 0 Å². The summed E-state index contributed by atoms with van der Waals surface area (Å²) in [5.41, 5.74) is 6.85. The van der Waals surface area contributed by atoms with Crippen LogP contribution in [-0.4, -0.2) is 58.1 Å². The molecule has 1 amide bonds. The molecular formula is C28H37N7O. The van der Waals surface area contributed by atoms with Crippen molar-refractivity contribution in [3.63, 3.8) is 0 Å². The van der Waals surface area contributed by atoms with E-state index in [0.29, 0.717) is 6.04 Å². The van der Waals surface area contributed by atoms with Gasteiger partial charge in [0.05, 0.1) is 17.4 Å². The highest BCUT2D eigenvalue weighted by Crippen LogP contribution is 2.38. The zero-order valence-electron chi connectivity index (χ0n) is 21.8. The zero-order valence-corrected chi connectivity index (χ0v) is 21.8. The lowest BCUT2D eigenvalue weighted by molar-refractivity contribution is -0.114. The van der Waals surface area contributed by atoms with Gasteiger partial charge in [0.2, 0.25) is 5.91 Å². The van der Waals surface area contributed by atoms with Gasteiger partial charge in [-0.25, -0.2) is 9.50 Å². The van der Waals surface area contributed by atoms with Crippen LogP contribution < -0.4 is 15.5 Å². The number of aryl methyl sites for hydroxylation is 2. The number of nitrogens with one attached hydrogen (secondary N) is 2. The number of amides is 1. The number of likely N-dealkylation sites (tertiary alicyclic amines) is 1. The molecule has 2 atom stereocenters. The van der Waals surface area contributed by atoms with E-state index in [9.17, 15) is 4.79 Å². The van der Waals surface area contributed by atoms with Gasteiger partial charge in [0.25, 0.3) is 0 Å². The van der Waals surface area contributed by atoms with Crippen LogP contribution in [0.2, 0.25) is 0 Å². The average molecular weight is 488 g/mol. The molecule has 2 aliphatic heterocycles. The van der Waals surface area contributed by atoms with Gasteiger partial charge in [-0.2, -0.15) is 5.10 Å². The molecule has 4 heterocycles. The number of aromatic nitrogens is 3. The first-order valence-corrected chi connectivity index (χ1v) is 13.0. The Morgan fingerprint density at radius 1 is 1.14 bits per heavy atom. The number of carbonyl (C=O) groups excluding carboxylic acids is 1. The second kappa shape index (κ2) is 9.93. The summed E-state index contributed by atoms with van der Waals surface area (Å²) in [6.45, 7) is 13.1. The Balaban J connectivity index is 1.46. The first-order chi connectivity index (χ1) is 17.3. The van der Waals surface area contributed by atoms with Gasteiger partial charge in [-0.15, -0.1) is 0 Å². The van der Waals surface area contributed by atoms with Crippen molar-refractivity contribution in [2.75, 3.05) is 36.9 Å². The maximum Gasteiger partial charge on any atom is 0.221 e. The second-order valence-corrected chi connectivity index (χ2v) is 10.2. The van der Waals surface area contributed by atoms with E-state index in [1.807, 2.05) is 23.7 Å². The molecule has 8 heteroatoms. The molecule has 2 N–H and O–H groups in total. The number of hydrogen-bond donors (Lipinski definition) is 2. The normalized spacial score (nSPS) is 20.2. The first-order valence-electron chi connectivity index (χ1n) is 13.0. The third-order valence-corrected chi connectivity index (χ3v) is 7.51. The molecule has 0 radical (unpaired) electrons. The monoisotopic (exact) mass is 487 g/mol. The number of rotatable bonds is 6. The van der Waals surface area contributed by atoms with Crippen LogP contribution in [-0.2, 0) is 4.79 Å². The van der Waals surface area contributed by atoms with Crippen molar-refractivity contribution in [1.29, 1.82) is 0 Å². The number of nitrogens with zero attached hydrogens (tertiary/aromatic N) is 5. The molecule has 2 saturated heterocycles. The molecular weight excluding hydrogens is 450 g/mol. The van der Waals surface area contributed by atoms with E-state index in [4.69, 9.17) is 10.1 Å². The number of anilines is 2. The Hall–Kier alpha value is -3.39. The lowest BCUT2D eigenvalue weighted by Crippen LogP contribution is -2.32. The lowest BCUT2D eigenvalue weighted by atomic mass is 9.96. The van der Waals surface area contributed by atoms with Crippen LogP contribution in [0, 0.1) is 13.8 Å². The SMILES string of the molecule is C=C(c1cc(C)ccc1NC(C)=O)N1CCCC[C@H]1c1cc2nc(N3CC[C@H](NC)C3)c(C)cn2n1. The molecule has 1 aromatic carbocycles. The molecule has 0 unspecified atom stereocenters. The maximum atomic E-state index is 11.8. The minimum Gasteiger partial charge on any atom is -0.363 e.